The number of hydrogen-bond acceptors (Lipinski definition) is 7. The molecule has 1 saturated heterocycles. The van der Waals surface area contributed by atoms with Crippen molar-refractivity contribution in [2.45, 2.75) is 18.5 Å². The van der Waals surface area contributed by atoms with E-state index in [4.69, 9.17) is 17.3 Å². The number of nitrogens with zero attached hydrogens (tertiary/aromatic N) is 3. The largest absolute Gasteiger partial charge is 0.480 e. The van der Waals surface area contributed by atoms with Crippen LogP contribution >= 0.6 is 11.6 Å². The van der Waals surface area contributed by atoms with Gasteiger partial charge in [-0.15, -0.1) is 0 Å². The molecule has 3 aromatic rings. The number of pyridine rings is 1. The summed E-state index contributed by atoms with van der Waals surface area (Å²) in [6.07, 6.45) is 6.59. The van der Waals surface area contributed by atoms with Crippen LogP contribution in [-0.2, 0) is 9.59 Å². The molecule has 2 aliphatic carbocycles. The number of fused-ring (bicyclic) bond motifs is 3. The number of allylic oxidation sites excluding steroid dienone is 1. The fourth-order valence-electron chi connectivity index (χ4n) is 5.84. The SMILES string of the molecule is NC(=O)[C@@H]1[C@H](Nc2c(Cl)cnc3nc(-c4ccc(C(=O)N5CCNC(C(=O)O)C5)cc4)[nH]c23)[C@H]2C=C[C@@H]1C2. The highest BCUT2D eigenvalue weighted by Crippen LogP contribution is 2.46. The number of hydrogen-bond donors (Lipinski definition) is 5. The molecule has 2 aromatic heterocycles. The third-order valence-electron chi connectivity index (χ3n) is 7.74. The van der Waals surface area contributed by atoms with E-state index in [0.717, 1.165) is 12.0 Å². The molecule has 6 N–H and O–H groups in total. The van der Waals surface area contributed by atoms with Crippen LogP contribution in [0.3, 0.4) is 0 Å². The Kier molecular flexibility index (Phi) is 6.04. The highest BCUT2D eigenvalue weighted by atomic mass is 35.5. The van der Waals surface area contributed by atoms with E-state index in [9.17, 15) is 19.5 Å². The molecule has 3 heterocycles. The molecule has 2 fully saturated rings. The summed E-state index contributed by atoms with van der Waals surface area (Å²) in [6.45, 7) is 0.965. The number of amides is 2. The first-order valence-corrected chi connectivity index (χ1v) is 12.8. The minimum atomic E-state index is -0.979. The molecule has 2 bridgehead atoms. The van der Waals surface area contributed by atoms with Crippen LogP contribution in [0.2, 0.25) is 5.02 Å². The predicted octanol–water partition coefficient (Wildman–Crippen LogP) is 1.86. The number of H-pyrrole nitrogens is 1. The molecule has 38 heavy (non-hydrogen) atoms. The topological polar surface area (TPSA) is 166 Å². The van der Waals surface area contributed by atoms with Gasteiger partial charge in [-0.3, -0.25) is 14.4 Å². The number of carbonyl (C=O) groups excluding carboxylic acids is 2. The number of aromatic amines is 1. The summed E-state index contributed by atoms with van der Waals surface area (Å²) in [4.78, 5) is 50.2. The lowest BCUT2D eigenvalue weighted by Crippen LogP contribution is -2.55. The van der Waals surface area contributed by atoms with Crippen molar-refractivity contribution < 1.29 is 19.5 Å². The van der Waals surface area contributed by atoms with E-state index in [-0.39, 0.29) is 42.2 Å². The molecule has 3 aliphatic rings. The molecule has 1 saturated carbocycles. The molecule has 196 valence electrons. The van der Waals surface area contributed by atoms with E-state index in [1.165, 1.54) is 6.20 Å². The van der Waals surface area contributed by atoms with Gasteiger partial charge in [0.1, 0.15) is 17.4 Å². The second-order valence-corrected chi connectivity index (χ2v) is 10.4. The van der Waals surface area contributed by atoms with Crippen LogP contribution in [0.1, 0.15) is 16.8 Å². The van der Waals surface area contributed by atoms with Crippen molar-refractivity contribution in [3.05, 3.63) is 53.2 Å². The van der Waals surface area contributed by atoms with Crippen molar-refractivity contribution in [3.8, 4) is 11.4 Å². The Morgan fingerprint density at radius 2 is 1.92 bits per heavy atom. The lowest BCUT2D eigenvalue weighted by atomic mass is 9.88. The highest BCUT2D eigenvalue weighted by molar-refractivity contribution is 6.34. The van der Waals surface area contributed by atoms with Gasteiger partial charge in [0, 0.05) is 36.8 Å². The Hall–Kier alpha value is -3.96. The normalized spacial score (nSPS) is 26.1. The number of nitrogens with two attached hydrogens (primary N) is 1. The fourth-order valence-corrected chi connectivity index (χ4v) is 6.04. The highest BCUT2D eigenvalue weighted by Gasteiger charge is 2.47. The molecule has 1 unspecified atom stereocenters. The molecule has 1 aromatic carbocycles. The number of anilines is 1. The maximum absolute atomic E-state index is 12.9. The van der Waals surface area contributed by atoms with Crippen LogP contribution < -0.4 is 16.4 Å². The molecule has 0 radical (unpaired) electrons. The monoisotopic (exact) mass is 535 g/mol. The second kappa shape index (κ2) is 9.41. The molecule has 1 aliphatic heterocycles. The average molecular weight is 536 g/mol. The van der Waals surface area contributed by atoms with E-state index < -0.39 is 12.0 Å². The van der Waals surface area contributed by atoms with Gasteiger partial charge in [0.25, 0.3) is 5.91 Å². The molecule has 0 spiro atoms. The summed E-state index contributed by atoms with van der Waals surface area (Å²) in [6, 6.07) is 6.00. The minimum absolute atomic E-state index is 0.108. The lowest BCUT2D eigenvalue weighted by molar-refractivity contribution is -0.140. The standard InChI is InChI=1S/C26H26ClN7O4/c27-16-10-30-24-21(20(16)31-19-15-6-5-14(9-15)18(19)22(28)35)32-23(33-24)12-1-3-13(4-2-12)25(36)34-8-7-29-17(11-34)26(37)38/h1-6,10,14-15,17-19,29H,7-9,11H2,(H2,28,35)(H,37,38)(H2,30,31,32,33)/t14-,15+,17?,18+,19-/m1/s1. The van der Waals surface area contributed by atoms with E-state index in [2.05, 4.69) is 37.7 Å². The number of aromatic nitrogens is 3. The number of piperazine rings is 1. The predicted molar refractivity (Wildman–Crippen MR) is 140 cm³/mol. The number of carbonyl (C=O) groups is 3. The van der Waals surface area contributed by atoms with E-state index in [1.54, 1.807) is 29.2 Å². The first-order valence-electron chi connectivity index (χ1n) is 12.4. The second-order valence-electron chi connectivity index (χ2n) is 9.99. The molecular weight excluding hydrogens is 510 g/mol. The Balaban J connectivity index is 1.25. The molecule has 5 atom stereocenters. The number of carboxylic acids is 1. The number of aliphatic carboxylic acids is 1. The van der Waals surface area contributed by atoms with Gasteiger partial charge in [0.2, 0.25) is 5.91 Å². The molecular formula is C26H26ClN7O4. The summed E-state index contributed by atoms with van der Waals surface area (Å²) in [5, 5.41) is 16.0. The lowest BCUT2D eigenvalue weighted by Gasteiger charge is -2.31. The van der Waals surface area contributed by atoms with Crippen molar-refractivity contribution in [1.82, 2.24) is 25.2 Å². The minimum Gasteiger partial charge on any atom is -0.480 e. The zero-order valence-corrected chi connectivity index (χ0v) is 21.0. The maximum Gasteiger partial charge on any atom is 0.322 e. The van der Waals surface area contributed by atoms with E-state index >= 15 is 0 Å². The summed E-state index contributed by atoms with van der Waals surface area (Å²) in [5.74, 6) is -1.00. The van der Waals surface area contributed by atoms with Crippen molar-refractivity contribution >= 4 is 46.2 Å². The summed E-state index contributed by atoms with van der Waals surface area (Å²) in [7, 11) is 0. The molecule has 2 amide bonds. The smallest absolute Gasteiger partial charge is 0.322 e. The number of nitrogens with one attached hydrogen (secondary N) is 3. The molecule has 12 heteroatoms. The number of halogens is 1. The average Bonchev–Trinajstić information content (AvgIpc) is 3.65. The zero-order chi connectivity index (χ0) is 26.6. The quantitative estimate of drug-likeness (QED) is 0.298. The maximum atomic E-state index is 12.9. The van der Waals surface area contributed by atoms with Gasteiger partial charge >= 0.3 is 5.97 Å². The van der Waals surface area contributed by atoms with Crippen molar-refractivity contribution in [1.29, 1.82) is 0 Å². The van der Waals surface area contributed by atoms with E-state index in [1.807, 2.05) is 0 Å². The Bertz CT molecular complexity index is 1470. The number of imidazole rings is 1. The molecule has 11 nitrogen and oxygen atoms in total. The summed E-state index contributed by atoms with van der Waals surface area (Å²) in [5.41, 5.74) is 8.62. The van der Waals surface area contributed by atoms with Crippen molar-refractivity contribution in [2.24, 2.45) is 23.5 Å². The van der Waals surface area contributed by atoms with E-state index in [0.29, 0.717) is 46.4 Å². The Morgan fingerprint density at radius 1 is 1.16 bits per heavy atom. The number of carboxylic acid groups (broad SMARTS) is 1. The first kappa shape index (κ1) is 24.4. The van der Waals surface area contributed by atoms with Gasteiger partial charge in [-0.25, -0.2) is 9.97 Å². The third kappa shape index (κ3) is 4.17. The fraction of sp³-hybridized carbons (Fsp3) is 0.346. The van der Waals surface area contributed by atoms with Gasteiger partial charge in [-0.1, -0.05) is 35.9 Å². The third-order valence-corrected chi connectivity index (χ3v) is 8.03. The first-order chi connectivity index (χ1) is 18.3. The van der Waals surface area contributed by atoms with Gasteiger partial charge in [0.15, 0.2) is 5.65 Å². The van der Waals surface area contributed by atoms with Crippen molar-refractivity contribution in [2.75, 3.05) is 25.0 Å². The Morgan fingerprint density at radius 3 is 2.66 bits per heavy atom. The number of primary amides is 1. The van der Waals surface area contributed by atoms with Crippen LogP contribution in [-0.4, -0.2) is 74.5 Å². The number of benzene rings is 1. The van der Waals surface area contributed by atoms with Gasteiger partial charge in [0.05, 0.1) is 22.8 Å². The van der Waals surface area contributed by atoms with Crippen LogP contribution in [0, 0.1) is 17.8 Å². The van der Waals surface area contributed by atoms with Gasteiger partial charge in [-0.2, -0.15) is 0 Å². The Labute approximate surface area is 222 Å². The van der Waals surface area contributed by atoms with Crippen LogP contribution in [0.4, 0.5) is 5.69 Å². The number of rotatable bonds is 6. The summed E-state index contributed by atoms with van der Waals surface area (Å²) < 4.78 is 0. The van der Waals surface area contributed by atoms with Gasteiger partial charge < -0.3 is 31.4 Å². The van der Waals surface area contributed by atoms with Crippen molar-refractivity contribution in [3.63, 3.8) is 0 Å². The van der Waals surface area contributed by atoms with Crippen LogP contribution in [0.25, 0.3) is 22.6 Å². The summed E-state index contributed by atoms with van der Waals surface area (Å²) >= 11 is 6.54. The van der Waals surface area contributed by atoms with Crippen LogP contribution in [0.5, 0.6) is 0 Å². The molecule has 6 rings (SSSR count). The van der Waals surface area contributed by atoms with Gasteiger partial charge in [-0.05, 0) is 30.4 Å². The zero-order valence-electron chi connectivity index (χ0n) is 20.2. The van der Waals surface area contributed by atoms with Crippen LogP contribution in [0.15, 0.2) is 42.6 Å².